The van der Waals surface area contributed by atoms with Crippen LogP contribution in [0.5, 0.6) is 0 Å². The van der Waals surface area contributed by atoms with Crippen LogP contribution in [0.15, 0.2) is 28.7 Å². The van der Waals surface area contributed by atoms with E-state index in [0.717, 1.165) is 29.3 Å². The second-order valence-corrected chi connectivity index (χ2v) is 7.23. The third-order valence-corrected chi connectivity index (χ3v) is 5.53. The molecule has 0 spiro atoms. The molecule has 0 bridgehead atoms. The van der Waals surface area contributed by atoms with E-state index in [4.69, 9.17) is 0 Å². The molecule has 3 unspecified atom stereocenters. The van der Waals surface area contributed by atoms with Crippen LogP contribution in [0.4, 0.5) is 0 Å². The molecule has 5 heteroatoms. The van der Waals surface area contributed by atoms with E-state index in [1.807, 2.05) is 24.3 Å². The minimum Gasteiger partial charge on any atom is -0.480 e. The molecule has 1 N–H and O–H groups in total. The number of benzene rings is 1. The molecule has 2 fully saturated rings. The van der Waals surface area contributed by atoms with Crippen LogP contribution in [0.25, 0.3) is 0 Å². The fourth-order valence-electron chi connectivity index (χ4n) is 3.92. The summed E-state index contributed by atoms with van der Waals surface area (Å²) >= 11 is 3.39. The number of carbonyl (C=O) groups excluding carboxylic acids is 1. The van der Waals surface area contributed by atoms with Crippen LogP contribution >= 0.6 is 15.9 Å². The van der Waals surface area contributed by atoms with Gasteiger partial charge in [-0.2, -0.15) is 0 Å². The van der Waals surface area contributed by atoms with Crippen LogP contribution < -0.4 is 0 Å². The van der Waals surface area contributed by atoms with Crippen molar-refractivity contribution in [3.63, 3.8) is 0 Å². The Morgan fingerprint density at radius 3 is 2.64 bits per heavy atom. The average molecular weight is 366 g/mol. The number of carboxylic acids is 1. The first kappa shape index (κ1) is 15.5. The zero-order valence-electron chi connectivity index (χ0n) is 12.4. The summed E-state index contributed by atoms with van der Waals surface area (Å²) in [6.07, 6.45) is 4.14. The largest absolute Gasteiger partial charge is 0.480 e. The molecule has 118 valence electrons. The quantitative estimate of drug-likeness (QED) is 0.891. The molecule has 1 saturated carbocycles. The molecule has 1 aromatic rings. The molecule has 3 rings (SSSR count). The molecular weight excluding hydrogens is 346 g/mol. The molecule has 1 amide bonds. The summed E-state index contributed by atoms with van der Waals surface area (Å²) in [4.78, 5) is 25.7. The number of carboxylic acid groups (broad SMARTS) is 1. The normalized spacial score (nSPS) is 27.0. The number of hydrogen-bond acceptors (Lipinski definition) is 2. The summed E-state index contributed by atoms with van der Waals surface area (Å²) in [6.45, 7) is 0.626. The van der Waals surface area contributed by atoms with Gasteiger partial charge in [0.2, 0.25) is 5.91 Å². The van der Waals surface area contributed by atoms with E-state index in [-0.39, 0.29) is 11.8 Å². The number of nitrogens with zero attached hydrogens (tertiary/aromatic N) is 1. The SMILES string of the molecule is O=C(O)C1C2CCCC2CN1C(=O)CCc1ccc(Br)cc1. The minimum atomic E-state index is -0.841. The number of likely N-dealkylation sites (tertiary alicyclic amines) is 1. The number of hydrogen-bond donors (Lipinski definition) is 1. The maximum absolute atomic E-state index is 12.5. The molecule has 1 heterocycles. The van der Waals surface area contributed by atoms with Crippen molar-refractivity contribution in [2.45, 2.75) is 38.1 Å². The number of aliphatic carboxylic acids is 1. The highest BCUT2D eigenvalue weighted by Crippen LogP contribution is 2.42. The van der Waals surface area contributed by atoms with E-state index in [1.165, 1.54) is 0 Å². The summed E-state index contributed by atoms with van der Waals surface area (Å²) in [6, 6.07) is 7.29. The third-order valence-electron chi connectivity index (χ3n) is 5.00. The molecular formula is C17H20BrNO3. The van der Waals surface area contributed by atoms with Crippen LogP contribution in [0.3, 0.4) is 0 Å². The summed E-state index contributed by atoms with van der Waals surface area (Å²) in [5, 5.41) is 9.50. The highest BCUT2D eigenvalue weighted by molar-refractivity contribution is 9.10. The Balaban J connectivity index is 1.64. The van der Waals surface area contributed by atoms with Gasteiger partial charge in [0, 0.05) is 17.4 Å². The monoisotopic (exact) mass is 365 g/mol. The van der Waals surface area contributed by atoms with E-state index >= 15 is 0 Å². The van der Waals surface area contributed by atoms with Crippen molar-refractivity contribution in [2.24, 2.45) is 11.8 Å². The standard InChI is InChI=1S/C17H20BrNO3/c18-13-7-4-11(5-8-13)6-9-15(20)19-10-12-2-1-3-14(12)16(19)17(21)22/h4-5,7-8,12,14,16H,1-3,6,9-10H2,(H,21,22). The lowest BCUT2D eigenvalue weighted by atomic mass is 9.94. The Morgan fingerprint density at radius 2 is 1.95 bits per heavy atom. The van der Waals surface area contributed by atoms with Crippen LogP contribution in [0.2, 0.25) is 0 Å². The second-order valence-electron chi connectivity index (χ2n) is 6.31. The highest BCUT2D eigenvalue weighted by Gasteiger charge is 2.49. The molecule has 1 aliphatic carbocycles. The maximum Gasteiger partial charge on any atom is 0.326 e. The van der Waals surface area contributed by atoms with Crippen molar-refractivity contribution in [2.75, 3.05) is 6.54 Å². The van der Waals surface area contributed by atoms with Crippen LogP contribution in [0.1, 0.15) is 31.2 Å². The van der Waals surface area contributed by atoms with E-state index in [0.29, 0.717) is 25.3 Å². The second kappa shape index (κ2) is 6.41. The number of aryl methyl sites for hydroxylation is 1. The molecule has 1 aliphatic heterocycles. The minimum absolute atomic E-state index is 0.0234. The predicted octanol–water partition coefficient (Wildman–Crippen LogP) is 3.09. The smallest absolute Gasteiger partial charge is 0.326 e. The number of halogens is 1. The van der Waals surface area contributed by atoms with Gasteiger partial charge in [-0.05, 0) is 48.8 Å². The Bertz CT molecular complexity index is 572. The highest BCUT2D eigenvalue weighted by atomic mass is 79.9. The molecule has 1 saturated heterocycles. The Labute approximate surface area is 138 Å². The zero-order valence-corrected chi connectivity index (χ0v) is 14.0. The van der Waals surface area contributed by atoms with Crippen molar-refractivity contribution >= 4 is 27.8 Å². The first-order valence-electron chi connectivity index (χ1n) is 7.83. The van der Waals surface area contributed by atoms with Gasteiger partial charge >= 0.3 is 5.97 Å². The van der Waals surface area contributed by atoms with Crippen molar-refractivity contribution in [1.82, 2.24) is 4.90 Å². The van der Waals surface area contributed by atoms with Crippen molar-refractivity contribution in [3.05, 3.63) is 34.3 Å². The van der Waals surface area contributed by atoms with Gasteiger partial charge in [0.1, 0.15) is 6.04 Å². The number of rotatable bonds is 4. The molecule has 22 heavy (non-hydrogen) atoms. The first-order chi connectivity index (χ1) is 10.6. The molecule has 0 aromatic heterocycles. The van der Waals surface area contributed by atoms with Crippen LogP contribution in [0, 0.1) is 11.8 Å². The van der Waals surface area contributed by atoms with Gasteiger partial charge in [0.15, 0.2) is 0 Å². The van der Waals surface area contributed by atoms with Crippen molar-refractivity contribution in [3.8, 4) is 0 Å². The number of amides is 1. The van der Waals surface area contributed by atoms with Gasteiger partial charge in [0.25, 0.3) is 0 Å². The van der Waals surface area contributed by atoms with Gasteiger partial charge in [-0.15, -0.1) is 0 Å². The predicted molar refractivity (Wildman–Crippen MR) is 86.4 cm³/mol. The average Bonchev–Trinajstić information content (AvgIpc) is 3.06. The van der Waals surface area contributed by atoms with Gasteiger partial charge in [-0.25, -0.2) is 4.79 Å². The van der Waals surface area contributed by atoms with Gasteiger partial charge in [0.05, 0.1) is 0 Å². The Hall–Kier alpha value is -1.36. The van der Waals surface area contributed by atoms with Gasteiger partial charge in [-0.3, -0.25) is 4.79 Å². The number of carbonyl (C=O) groups is 2. The van der Waals surface area contributed by atoms with Crippen molar-refractivity contribution in [1.29, 1.82) is 0 Å². The first-order valence-corrected chi connectivity index (χ1v) is 8.62. The summed E-state index contributed by atoms with van der Waals surface area (Å²) in [5.41, 5.74) is 1.10. The van der Waals surface area contributed by atoms with E-state index in [1.54, 1.807) is 4.90 Å². The van der Waals surface area contributed by atoms with E-state index in [2.05, 4.69) is 15.9 Å². The fraction of sp³-hybridized carbons (Fsp3) is 0.529. The Kier molecular flexibility index (Phi) is 4.52. The summed E-state index contributed by atoms with van der Waals surface area (Å²) in [7, 11) is 0. The fourth-order valence-corrected chi connectivity index (χ4v) is 4.19. The topological polar surface area (TPSA) is 57.6 Å². The van der Waals surface area contributed by atoms with Crippen LogP contribution in [-0.4, -0.2) is 34.5 Å². The lowest BCUT2D eigenvalue weighted by molar-refractivity contribution is -0.149. The lowest BCUT2D eigenvalue weighted by Crippen LogP contribution is -2.43. The van der Waals surface area contributed by atoms with E-state index in [9.17, 15) is 14.7 Å². The van der Waals surface area contributed by atoms with Crippen LogP contribution in [-0.2, 0) is 16.0 Å². The third kappa shape index (κ3) is 3.05. The van der Waals surface area contributed by atoms with E-state index < -0.39 is 12.0 Å². The summed E-state index contributed by atoms with van der Waals surface area (Å²) in [5.74, 6) is -0.317. The van der Waals surface area contributed by atoms with Gasteiger partial charge < -0.3 is 10.0 Å². The van der Waals surface area contributed by atoms with Gasteiger partial charge in [-0.1, -0.05) is 34.5 Å². The molecule has 3 atom stereocenters. The lowest BCUT2D eigenvalue weighted by Gasteiger charge is -2.24. The maximum atomic E-state index is 12.5. The molecule has 1 aromatic carbocycles. The molecule has 0 radical (unpaired) electrons. The summed E-state index contributed by atoms with van der Waals surface area (Å²) < 4.78 is 1.01. The molecule has 4 nitrogen and oxygen atoms in total. The Morgan fingerprint density at radius 1 is 1.23 bits per heavy atom. The number of fused-ring (bicyclic) bond motifs is 1. The zero-order chi connectivity index (χ0) is 15.7. The van der Waals surface area contributed by atoms with Crippen molar-refractivity contribution < 1.29 is 14.7 Å². The molecule has 2 aliphatic rings.